The lowest BCUT2D eigenvalue weighted by molar-refractivity contribution is 0.225. The number of nitrogens with two attached hydrogens (primary N) is 1. The van der Waals surface area contributed by atoms with E-state index in [9.17, 15) is 8.42 Å². The molecular weight excluding hydrogens is 272 g/mol. The van der Waals surface area contributed by atoms with Gasteiger partial charge in [0.25, 0.3) is 0 Å². The molecule has 1 aliphatic heterocycles. The summed E-state index contributed by atoms with van der Waals surface area (Å²) in [6.45, 7) is 2.20. The molecule has 0 spiro atoms. The quantitative estimate of drug-likeness (QED) is 0.891. The summed E-state index contributed by atoms with van der Waals surface area (Å²) < 4.78 is 24.7. The van der Waals surface area contributed by atoms with Gasteiger partial charge >= 0.3 is 0 Å². The number of hydrogen-bond donors (Lipinski definition) is 1. The topological polar surface area (TPSA) is 63.4 Å². The molecule has 3 rings (SSSR count). The fraction of sp³-hybridized carbons (Fsp3) is 0.600. The van der Waals surface area contributed by atoms with E-state index in [0.717, 1.165) is 18.0 Å². The summed E-state index contributed by atoms with van der Waals surface area (Å²) in [5.74, 6) is 1.03. The van der Waals surface area contributed by atoms with Crippen LogP contribution in [0.3, 0.4) is 0 Å². The Labute approximate surface area is 120 Å². The number of hydrogen-bond acceptors (Lipinski definition) is 4. The fourth-order valence-corrected chi connectivity index (χ4v) is 4.75. The zero-order valence-electron chi connectivity index (χ0n) is 11.7. The van der Waals surface area contributed by atoms with Gasteiger partial charge in [-0.1, -0.05) is 12.1 Å². The molecule has 110 valence electrons. The molecule has 2 aliphatic rings. The molecule has 2 fully saturated rings. The van der Waals surface area contributed by atoms with Crippen LogP contribution in [0, 0.1) is 5.92 Å². The minimum absolute atomic E-state index is 0.220. The molecular formula is C15H22N2O2S. The second-order valence-electron chi connectivity index (χ2n) is 5.99. The van der Waals surface area contributed by atoms with E-state index in [0.29, 0.717) is 24.0 Å². The second-order valence-corrected chi connectivity index (χ2v) is 8.10. The first-order valence-electron chi connectivity index (χ1n) is 7.34. The lowest BCUT2D eigenvalue weighted by Gasteiger charge is -2.26. The van der Waals surface area contributed by atoms with E-state index in [1.807, 2.05) is 0 Å². The van der Waals surface area contributed by atoms with E-state index in [1.165, 1.54) is 19.3 Å². The van der Waals surface area contributed by atoms with E-state index < -0.39 is 9.84 Å². The van der Waals surface area contributed by atoms with E-state index in [2.05, 4.69) is 4.90 Å². The summed E-state index contributed by atoms with van der Waals surface area (Å²) in [5.41, 5.74) is 6.49. The number of sulfone groups is 1. The summed E-state index contributed by atoms with van der Waals surface area (Å²) >= 11 is 0. The Morgan fingerprint density at radius 2 is 1.95 bits per heavy atom. The Balaban J connectivity index is 1.63. The lowest BCUT2D eigenvalue weighted by Crippen LogP contribution is -2.35. The van der Waals surface area contributed by atoms with Crippen LogP contribution in [0.4, 0.5) is 0 Å². The standard InChI is InChI=1S/C15H22N2O2S/c16-10-12-2-5-15(6-3-12)20(18,19)8-7-17-11-13-1-4-14(17)9-13/h2-3,5-6,13-14H,1,4,7-11,16H2. The van der Waals surface area contributed by atoms with Gasteiger partial charge in [0.2, 0.25) is 0 Å². The average molecular weight is 294 g/mol. The Kier molecular flexibility index (Phi) is 3.84. The van der Waals surface area contributed by atoms with Gasteiger partial charge < -0.3 is 5.73 Å². The van der Waals surface area contributed by atoms with Gasteiger partial charge in [-0.25, -0.2) is 8.42 Å². The van der Waals surface area contributed by atoms with Gasteiger partial charge in [0.1, 0.15) is 0 Å². The molecule has 2 atom stereocenters. The van der Waals surface area contributed by atoms with Gasteiger partial charge in [0.05, 0.1) is 10.6 Å². The number of likely N-dealkylation sites (tertiary alicyclic amines) is 1. The van der Waals surface area contributed by atoms with Gasteiger partial charge in [0, 0.05) is 25.7 Å². The number of nitrogens with zero attached hydrogens (tertiary/aromatic N) is 1. The maximum absolute atomic E-state index is 12.3. The smallest absolute Gasteiger partial charge is 0.179 e. The predicted molar refractivity (Wildman–Crippen MR) is 79.1 cm³/mol. The van der Waals surface area contributed by atoms with Crippen molar-refractivity contribution >= 4 is 9.84 Å². The Hall–Kier alpha value is -0.910. The van der Waals surface area contributed by atoms with Crippen LogP contribution in [0.5, 0.6) is 0 Å². The van der Waals surface area contributed by atoms with Crippen LogP contribution in [0.1, 0.15) is 24.8 Å². The van der Waals surface area contributed by atoms with Crippen molar-refractivity contribution in [3.8, 4) is 0 Å². The summed E-state index contributed by atoms with van der Waals surface area (Å²) in [6, 6.07) is 7.58. The van der Waals surface area contributed by atoms with Crippen LogP contribution >= 0.6 is 0 Å². The normalized spacial score (nSPS) is 26.2. The third-order valence-electron chi connectivity index (χ3n) is 4.69. The maximum atomic E-state index is 12.3. The van der Waals surface area contributed by atoms with E-state index in [-0.39, 0.29) is 5.75 Å². The predicted octanol–water partition coefficient (Wildman–Crippen LogP) is 1.40. The van der Waals surface area contributed by atoms with Gasteiger partial charge in [-0.3, -0.25) is 4.90 Å². The van der Waals surface area contributed by atoms with Crippen molar-refractivity contribution in [3.63, 3.8) is 0 Å². The van der Waals surface area contributed by atoms with Crippen molar-refractivity contribution < 1.29 is 8.42 Å². The molecule has 1 heterocycles. The molecule has 2 bridgehead atoms. The van der Waals surface area contributed by atoms with Crippen molar-refractivity contribution in [2.24, 2.45) is 11.7 Å². The van der Waals surface area contributed by atoms with Crippen molar-refractivity contribution in [2.45, 2.75) is 36.7 Å². The molecule has 1 aromatic carbocycles. The van der Waals surface area contributed by atoms with Gasteiger partial charge in [-0.05, 0) is 42.9 Å². The van der Waals surface area contributed by atoms with E-state index in [4.69, 9.17) is 5.73 Å². The Morgan fingerprint density at radius 3 is 2.50 bits per heavy atom. The lowest BCUT2D eigenvalue weighted by atomic mass is 10.1. The van der Waals surface area contributed by atoms with Crippen molar-refractivity contribution in [3.05, 3.63) is 29.8 Å². The average Bonchev–Trinajstić information content (AvgIpc) is 3.08. The van der Waals surface area contributed by atoms with Crippen LogP contribution in [0.2, 0.25) is 0 Å². The van der Waals surface area contributed by atoms with Crippen molar-refractivity contribution in [1.29, 1.82) is 0 Å². The number of benzene rings is 1. The number of fused-ring (bicyclic) bond motifs is 2. The molecule has 0 aromatic heterocycles. The molecule has 20 heavy (non-hydrogen) atoms. The largest absolute Gasteiger partial charge is 0.326 e. The highest BCUT2D eigenvalue weighted by atomic mass is 32.2. The number of piperidine rings is 1. The van der Waals surface area contributed by atoms with Crippen LogP contribution in [0.15, 0.2) is 29.2 Å². The van der Waals surface area contributed by atoms with Crippen LogP contribution in [-0.2, 0) is 16.4 Å². The van der Waals surface area contributed by atoms with Crippen molar-refractivity contribution in [1.82, 2.24) is 4.90 Å². The van der Waals surface area contributed by atoms with Gasteiger partial charge in [0.15, 0.2) is 9.84 Å². The Bertz CT molecular complexity index is 568. The molecule has 2 unspecified atom stereocenters. The second kappa shape index (κ2) is 5.47. The van der Waals surface area contributed by atoms with Gasteiger partial charge in [-0.2, -0.15) is 0 Å². The third-order valence-corrected chi connectivity index (χ3v) is 6.40. The molecule has 5 heteroatoms. The molecule has 1 aromatic rings. The SMILES string of the molecule is NCc1ccc(S(=O)(=O)CCN2CC3CCC2C3)cc1. The Morgan fingerprint density at radius 1 is 1.20 bits per heavy atom. The first-order chi connectivity index (χ1) is 9.58. The van der Waals surface area contributed by atoms with E-state index >= 15 is 0 Å². The summed E-state index contributed by atoms with van der Waals surface area (Å²) in [6.07, 6.45) is 3.84. The van der Waals surface area contributed by atoms with Crippen molar-refractivity contribution in [2.75, 3.05) is 18.8 Å². The number of rotatable bonds is 5. The molecule has 1 aliphatic carbocycles. The molecule has 2 N–H and O–H groups in total. The fourth-order valence-electron chi connectivity index (χ4n) is 3.49. The highest BCUT2D eigenvalue weighted by Crippen LogP contribution is 2.37. The van der Waals surface area contributed by atoms with E-state index in [1.54, 1.807) is 24.3 Å². The highest BCUT2D eigenvalue weighted by Gasteiger charge is 2.37. The minimum Gasteiger partial charge on any atom is -0.326 e. The van der Waals surface area contributed by atoms with Crippen LogP contribution < -0.4 is 5.73 Å². The molecule has 1 saturated carbocycles. The van der Waals surface area contributed by atoms with Gasteiger partial charge in [-0.15, -0.1) is 0 Å². The first kappa shape index (κ1) is 14.0. The molecule has 1 saturated heterocycles. The molecule has 4 nitrogen and oxygen atoms in total. The zero-order valence-corrected chi connectivity index (χ0v) is 12.5. The first-order valence-corrected chi connectivity index (χ1v) is 8.99. The highest BCUT2D eigenvalue weighted by molar-refractivity contribution is 7.91. The summed E-state index contributed by atoms with van der Waals surface area (Å²) in [5, 5.41) is 0. The maximum Gasteiger partial charge on any atom is 0.179 e. The summed E-state index contributed by atoms with van der Waals surface area (Å²) in [4.78, 5) is 2.78. The summed E-state index contributed by atoms with van der Waals surface area (Å²) in [7, 11) is -3.17. The molecule has 0 radical (unpaired) electrons. The molecule has 0 amide bonds. The zero-order chi connectivity index (χ0) is 14.2. The monoisotopic (exact) mass is 294 g/mol. The third kappa shape index (κ3) is 2.75. The minimum atomic E-state index is -3.17. The van der Waals surface area contributed by atoms with Crippen LogP contribution in [-0.4, -0.2) is 38.2 Å². The van der Waals surface area contributed by atoms with Crippen LogP contribution in [0.25, 0.3) is 0 Å².